The Labute approximate surface area is 152 Å². The van der Waals surface area contributed by atoms with Crippen molar-refractivity contribution in [1.29, 1.82) is 0 Å². The topological polar surface area (TPSA) is 28.2 Å². The molecule has 2 atom stereocenters. The second kappa shape index (κ2) is 6.11. The summed E-state index contributed by atoms with van der Waals surface area (Å²) in [5, 5.41) is 5.07. The van der Waals surface area contributed by atoms with Crippen molar-refractivity contribution in [3.05, 3.63) is 48.7 Å². The van der Waals surface area contributed by atoms with Crippen LogP contribution in [0.4, 0.5) is 5.69 Å². The van der Waals surface area contributed by atoms with Gasteiger partial charge in [0.2, 0.25) is 0 Å². The Morgan fingerprint density at radius 3 is 2.68 bits per heavy atom. The average molecular weight is 350 g/mol. The van der Waals surface area contributed by atoms with Gasteiger partial charge in [-0.2, -0.15) is 0 Å². The number of nitrogens with zero attached hydrogens (tertiary/aromatic N) is 2. The summed E-state index contributed by atoms with van der Waals surface area (Å²) in [5.41, 5.74) is 2.21. The van der Waals surface area contributed by atoms with E-state index in [0.29, 0.717) is 12.1 Å². The highest BCUT2D eigenvalue weighted by Gasteiger charge is 2.39. The summed E-state index contributed by atoms with van der Waals surface area (Å²) in [5.74, 6) is 0.808. The molecule has 4 heteroatoms. The number of anilines is 1. The summed E-state index contributed by atoms with van der Waals surface area (Å²) in [4.78, 5) is 8.59. The largest absolute Gasteiger partial charge is 0.379 e. The molecular formula is C21H23N3S. The molecule has 0 saturated carbocycles. The summed E-state index contributed by atoms with van der Waals surface area (Å²) in [6, 6.07) is 16.3. The lowest BCUT2D eigenvalue weighted by atomic mass is 9.79. The van der Waals surface area contributed by atoms with E-state index in [1.165, 1.54) is 40.9 Å². The Morgan fingerprint density at radius 2 is 1.96 bits per heavy atom. The Balaban J connectivity index is 1.36. The standard InChI is InChI=1S/C21H23N3S/c1-14-21(15-8-10-24(14)11-9-15)23-17-6-7-18(22-13-17)20-12-16-4-2-3-5-19(16)25-20/h2-7,12-15,21,23H,8-11H2,1H3/t14-,21+/m1/s1. The number of nitrogens with one attached hydrogen (secondary N) is 1. The van der Waals surface area contributed by atoms with Gasteiger partial charge in [-0.1, -0.05) is 18.2 Å². The van der Waals surface area contributed by atoms with E-state index in [-0.39, 0.29) is 0 Å². The number of rotatable bonds is 3. The lowest BCUT2D eigenvalue weighted by molar-refractivity contribution is 0.0458. The molecule has 25 heavy (non-hydrogen) atoms. The predicted molar refractivity (Wildman–Crippen MR) is 106 cm³/mol. The molecule has 5 heterocycles. The minimum atomic E-state index is 0.555. The van der Waals surface area contributed by atoms with Crippen molar-refractivity contribution >= 4 is 27.1 Å². The van der Waals surface area contributed by atoms with E-state index in [1.807, 2.05) is 17.5 Å². The zero-order valence-electron chi connectivity index (χ0n) is 14.5. The van der Waals surface area contributed by atoms with Gasteiger partial charge in [0.1, 0.15) is 0 Å². The van der Waals surface area contributed by atoms with E-state index in [4.69, 9.17) is 4.98 Å². The zero-order valence-corrected chi connectivity index (χ0v) is 15.3. The normalized spacial score (nSPS) is 28.4. The Morgan fingerprint density at radius 1 is 1.12 bits per heavy atom. The van der Waals surface area contributed by atoms with Crippen LogP contribution in [0.5, 0.6) is 0 Å². The molecule has 3 fully saturated rings. The maximum atomic E-state index is 4.73. The summed E-state index contributed by atoms with van der Waals surface area (Å²) in [6.45, 7) is 4.91. The highest BCUT2D eigenvalue weighted by molar-refractivity contribution is 7.22. The zero-order chi connectivity index (χ0) is 16.8. The molecule has 1 N–H and O–H groups in total. The number of piperidine rings is 3. The number of pyridine rings is 1. The molecule has 0 spiro atoms. The first-order chi connectivity index (χ1) is 12.3. The Hall–Kier alpha value is -1.91. The average Bonchev–Trinajstić information content (AvgIpc) is 3.10. The molecule has 3 saturated heterocycles. The second-order valence-corrected chi connectivity index (χ2v) is 8.45. The van der Waals surface area contributed by atoms with Gasteiger partial charge in [0.25, 0.3) is 0 Å². The van der Waals surface area contributed by atoms with Gasteiger partial charge in [0.05, 0.1) is 22.5 Å². The molecule has 2 aromatic heterocycles. The van der Waals surface area contributed by atoms with E-state index in [1.54, 1.807) is 0 Å². The lowest BCUT2D eigenvalue weighted by Gasteiger charge is -2.50. The first-order valence-electron chi connectivity index (χ1n) is 9.23. The third-order valence-corrected chi connectivity index (χ3v) is 7.09. The smallest absolute Gasteiger partial charge is 0.0803 e. The van der Waals surface area contributed by atoms with Crippen LogP contribution in [-0.4, -0.2) is 35.1 Å². The van der Waals surface area contributed by atoms with E-state index in [2.05, 4.69) is 59.6 Å². The highest BCUT2D eigenvalue weighted by Crippen LogP contribution is 2.35. The van der Waals surface area contributed by atoms with Crippen molar-refractivity contribution in [2.75, 3.05) is 18.4 Å². The van der Waals surface area contributed by atoms with Crippen LogP contribution in [0.2, 0.25) is 0 Å². The molecule has 6 rings (SSSR count). The van der Waals surface area contributed by atoms with Crippen LogP contribution in [0.15, 0.2) is 48.7 Å². The summed E-state index contributed by atoms with van der Waals surface area (Å²) < 4.78 is 1.32. The third-order valence-electron chi connectivity index (χ3n) is 5.95. The molecule has 0 amide bonds. The van der Waals surface area contributed by atoms with Crippen LogP contribution in [0.3, 0.4) is 0 Å². The maximum absolute atomic E-state index is 4.73. The van der Waals surface area contributed by atoms with Gasteiger partial charge in [-0.3, -0.25) is 9.88 Å². The van der Waals surface area contributed by atoms with E-state index in [0.717, 1.165) is 17.3 Å². The molecular weight excluding hydrogens is 326 g/mol. The second-order valence-electron chi connectivity index (χ2n) is 7.36. The van der Waals surface area contributed by atoms with Crippen molar-refractivity contribution in [2.45, 2.75) is 31.8 Å². The molecule has 0 aliphatic carbocycles. The van der Waals surface area contributed by atoms with Crippen molar-refractivity contribution < 1.29 is 0 Å². The first-order valence-corrected chi connectivity index (χ1v) is 10.1. The van der Waals surface area contributed by atoms with Crippen LogP contribution in [0.1, 0.15) is 19.8 Å². The number of thiophene rings is 1. The Kier molecular flexibility index (Phi) is 3.75. The van der Waals surface area contributed by atoms with Crippen LogP contribution in [0, 0.1) is 5.92 Å². The summed E-state index contributed by atoms with van der Waals surface area (Å²) in [6.07, 6.45) is 4.66. The van der Waals surface area contributed by atoms with Crippen LogP contribution in [0.25, 0.3) is 20.7 Å². The SMILES string of the molecule is C[C@@H]1[C@H](Nc2ccc(-c3cc4ccccc4s3)nc2)C2CCN1CC2. The number of hydrogen-bond donors (Lipinski definition) is 1. The van der Waals surface area contributed by atoms with Gasteiger partial charge in [0, 0.05) is 16.8 Å². The molecule has 3 aliphatic rings. The van der Waals surface area contributed by atoms with Gasteiger partial charge in [-0.05, 0) is 68.4 Å². The minimum absolute atomic E-state index is 0.555. The van der Waals surface area contributed by atoms with Crippen LogP contribution < -0.4 is 5.32 Å². The van der Waals surface area contributed by atoms with Gasteiger partial charge >= 0.3 is 0 Å². The molecule has 0 radical (unpaired) electrons. The van der Waals surface area contributed by atoms with E-state index in [9.17, 15) is 0 Å². The predicted octanol–water partition coefficient (Wildman–Crippen LogP) is 4.86. The number of hydrogen-bond acceptors (Lipinski definition) is 4. The fourth-order valence-electron chi connectivity index (χ4n) is 4.47. The van der Waals surface area contributed by atoms with Crippen molar-refractivity contribution in [2.24, 2.45) is 5.92 Å². The molecule has 0 unspecified atom stereocenters. The molecule has 1 aromatic carbocycles. The van der Waals surface area contributed by atoms with Crippen molar-refractivity contribution in [3.8, 4) is 10.6 Å². The maximum Gasteiger partial charge on any atom is 0.0803 e. The summed E-state index contributed by atoms with van der Waals surface area (Å²) in [7, 11) is 0. The van der Waals surface area contributed by atoms with Gasteiger partial charge in [-0.25, -0.2) is 0 Å². The fraction of sp³-hybridized carbons (Fsp3) is 0.381. The van der Waals surface area contributed by atoms with Gasteiger partial charge in [-0.15, -0.1) is 11.3 Å². The van der Waals surface area contributed by atoms with Crippen LogP contribution in [-0.2, 0) is 0 Å². The number of benzene rings is 1. The molecule has 3 aliphatic heterocycles. The fourth-order valence-corrected chi connectivity index (χ4v) is 5.51. The van der Waals surface area contributed by atoms with Crippen LogP contribution >= 0.6 is 11.3 Å². The highest BCUT2D eigenvalue weighted by atomic mass is 32.1. The third kappa shape index (κ3) is 2.74. The molecule has 2 bridgehead atoms. The quantitative estimate of drug-likeness (QED) is 0.732. The monoisotopic (exact) mass is 349 g/mol. The van der Waals surface area contributed by atoms with Gasteiger partial charge < -0.3 is 5.32 Å². The minimum Gasteiger partial charge on any atom is -0.379 e. The summed E-state index contributed by atoms with van der Waals surface area (Å²) >= 11 is 1.81. The first kappa shape index (κ1) is 15.4. The molecule has 3 aromatic rings. The number of aromatic nitrogens is 1. The van der Waals surface area contributed by atoms with E-state index < -0.39 is 0 Å². The lowest BCUT2D eigenvalue weighted by Crippen LogP contribution is -2.59. The molecule has 128 valence electrons. The number of fused-ring (bicyclic) bond motifs is 4. The van der Waals surface area contributed by atoms with Crippen molar-refractivity contribution in [3.63, 3.8) is 0 Å². The van der Waals surface area contributed by atoms with E-state index >= 15 is 0 Å². The van der Waals surface area contributed by atoms with Crippen molar-refractivity contribution in [1.82, 2.24) is 9.88 Å². The molecule has 3 nitrogen and oxygen atoms in total. The van der Waals surface area contributed by atoms with Gasteiger partial charge in [0.15, 0.2) is 0 Å². The Bertz CT molecular complexity index is 843.